The van der Waals surface area contributed by atoms with Crippen molar-refractivity contribution >= 4 is 17.7 Å². The SMILES string of the molecule is COC(=O)N(C)CC(=O)Nc1c(C)cccc1C. The molecule has 5 heteroatoms. The molecule has 98 valence electrons. The van der Waals surface area contributed by atoms with Crippen LogP contribution in [0.3, 0.4) is 0 Å². The minimum Gasteiger partial charge on any atom is -0.453 e. The number of nitrogens with one attached hydrogen (secondary N) is 1. The van der Waals surface area contributed by atoms with Gasteiger partial charge in [-0.2, -0.15) is 0 Å². The zero-order chi connectivity index (χ0) is 13.7. The maximum Gasteiger partial charge on any atom is 0.409 e. The Morgan fingerprint density at radius 1 is 1.28 bits per heavy atom. The summed E-state index contributed by atoms with van der Waals surface area (Å²) in [7, 11) is 2.79. The number of likely N-dealkylation sites (N-methyl/N-ethyl adjacent to an activating group) is 1. The molecular formula is C13H18N2O3. The molecule has 2 amide bonds. The molecule has 1 aromatic rings. The first-order chi connectivity index (χ1) is 8.45. The first kappa shape index (κ1) is 14.0. The first-order valence-corrected chi connectivity index (χ1v) is 5.61. The van der Waals surface area contributed by atoms with Gasteiger partial charge in [0.25, 0.3) is 0 Å². The normalized spacial score (nSPS) is 9.78. The van der Waals surface area contributed by atoms with E-state index in [9.17, 15) is 9.59 Å². The van der Waals surface area contributed by atoms with E-state index in [1.807, 2.05) is 32.0 Å². The molecule has 0 saturated carbocycles. The maximum absolute atomic E-state index is 11.8. The van der Waals surface area contributed by atoms with Crippen molar-refractivity contribution in [1.29, 1.82) is 0 Å². The van der Waals surface area contributed by atoms with Gasteiger partial charge in [-0.25, -0.2) is 4.79 Å². The maximum atomic E-state index is 11.8. The van der Waals surface area contributed by atoms with Crippen molar-refractivity contribution in [3.63, 3.8) is 0 Å². The van der Waals surface area contributed by atoms with Crippen LogP contribution in [0.5, 0.6) is 0 Å². The third kappa shape index (κ3) is 3.48. The molecule has 18 heavy (non-hydrogen) atoms. The Bertz CT molecular complexity index is 437. The van der Waals surface area contributed by atoms with Gasteiger partial charge in [0.15, 0.2) is 0 Å². The lowest BCUT2D eigenvalue weighted by atomic mass is 10.1. The largest absolute Gasteiger partial charge is 0.453 e. The van der Waals surface area contributed by atoms with E-state index in [2.05, 4.69) is 10.1 Å². The molecule has 0 heterocycles. The fraction of sp³-hybridized carbons (Fsp3) is 0.385. The molecule has 0 bridgehead atoms. The van der Waals surface area contributed by atoms with E-state index < -0.39 is 6.09 Å². The number of ether oxygens (including phenoxy) is 1. The molecule has 1 rings (SSSR count). The monoisotopic (exact) mass is 250 g/mol. The Balaban J connectivity index is 2.68. The molecule has 0 aliphatic carbocycles. The molecule has 0 radical (unpaired) electrons. The number of methoxy groups -OCH3 is 1. The van der Waals surface area contributed by atoms with Gasteiger partial charge in [0.2, 0.25) is 5.91 Å². The summed E-state index contributed by atoms with van der Waals surface area (Å²) in [6.07, 6.45) is -0.536. The smallest absolute Gasteiger partial charge is 0.409 e. The van der Waals surface area contributed by atoms with Crippen molar-refractivity contribution in [3.05, 3.63) is 29.3 Å². The topological polar surface area (TPSA) is 58.6 Å². The van der Waals surface area contributed by atoms with E-state index in [1.165, 1.54) is 19.1 Å². The standard InChI is InChI=1S/C13H18N2O3/c1-9-6-5-7-10(2)12(9)14-11(16)8-15(3)13(17)18-4/h5-7H,8H2,1-4H3,(H,14,16). The average Bonchev–Trinajstić information content (AvgIpc) is 2.32. The minimum absolute atomic E-state index is 0.0412. The van der Waals surface area contributed by atoms with Crippen LogP contribution in [0.1, 0.15) is 11.1 Å². The second kappa shape index (κ2) is 6.05. The lowest BCUT2D eigenvalue weighted by Crippen LogP contribution is -2.35. The molecule has 0 fully saturated rings. The van der Waals surface area contributed by atoms with Crippen molar-refractivity contribution in [2.75, 3.05) is 26.0 Å². The number of carbonyl (C=O) groups is 2. The number of amides is 2. The molecule has 0 unspecified atom stereocenters. The Labute approximate surface area is 107 Å². The van der Waals surface area contributed by atoms with Gasteiger partial charge in [-0.15, -0.1) is 0 Å². The van der Waals surface area contributed by atoms with Crippen molar-refractivity contribution < 1.29 is 14.3 Å². The van der Waals surface area contributed by atoms with E-state index in [0.29, 0.717) is 0 Å². The van der Waals surface area contributed by atoms with E-state index in [0.717, 1.165) is 16.8 Å². The van der Waals surface area contributed by atoms with Crippen LogP contribution in [-0.2, 0) is 9.53 Å². The number of hydrogen-bond donors (Lipinski definition) is 1. The van der Waals surface area contributed by atoms with Crippen LogP contribution < -0.4 is 5.32 Å². The van der Waals surface area contributed by atoms with Crippen LogP contribution in [0.2, 0.25) is 0 Å². The second-order valence-electron chi connectivity index (χ2n) is 4.14. The molecule has 0 atom stereocenters. The fourth-order valence-electron chi connectivity index (χ4n) is 1.63. The number of para-hydroxylation sites is 1. The van der Waals surface area contributed by atoms with E-state index in [4.69, 9.17) is 0 Å². The van der Waals surface area contributed by atoms with Crippen LogP contribution in [0.15, 0.2) is 18.2 Å². The van der Waals surface area contributed by atoms with Crippen LogP contribution >= 0.6 is 0 Å². The number of anilines is 1. The molecule has 0 spiro atoms. The summed E-state index contributed by atoms with van der Waals surface area (Å²) in [4.78, 5) is 24.2. The molecule has 0 saturated heterocycles. The van der Waals surface area contributed by atoms with Crippen LogP contribution in [0, 0.1) is 13.8 Å². The second-order valence-corrected chi connectivity index (χ2v) is 4.14. The third-order valence-electron chi connectivity index (χ3n) is 2.61. The van der Waals surface area contributed by atoms with E-state index in [1.54, 1.807) is 0 Å². The summed E-state index contributed by atoms with van der Waals surface area (Å²) < 4.78 is 4.52. The zero-order valence-electron chi connectivity index (χ0n) is 11.1. The number of rotatable bonds is 3. The highest BCUT2D eigenvalue weighted by Gasteiger charge is 2.14. The number of hydrogen-bond acceptors (Lipinski definition) is 3. The number of carbonyl (C=O) groups excluding carboxylic acids is 2. The zero-order valence-corrected chi connectivity index (χ0v) is 11.1. The van der Waals surface area contributed by atoms with Gasteiger partial charge in [0.05, 0.1) is 7.11 Å². The number of benzene rings is 1. The summed E-state index contributed by atoms with van der Waals surface area (Å²) >= 11 is 0. The Kier molecular flexibility index (Phi) is 4.71. The van der Waals surface area contributed by atoms with Gasteiger partial charge in [-0.05, 0) is 25.0 Å². The highest BCUT2D eigenvalue weighted by Crippen LogP contribution is 2.19. The van der Waals surface area contributed by atoms with Crippen molar-refractivity contribution in [2.24, 2.45) is 0 Å². The highest BCUT2D eigenvalue weighted by atomic mass is 16.5. The van der Waals surface area contributed by atoms with Crippen LogP contribution in [-0.4, -0.2) is 37.6 Å². The molecule has 1 N–H and O–H groups in total. The van der Waals surface area contributed by atoms with Crippen LogP contribution in [0.4, 0.5) is 10.5 Å². The van der Waals surface area contributed by atoms with Gasteiger partial charge in [0, 0.05) is 12.7 Å². The summed E-state index contributed by atoms with van der Waals surface area (Å²) in [6.45, 7) is 3.81. The molecule has 0 aliphatic heterocycles. The molecular weight excluding hydrogens is 232 g/mol. The summed E-state index contributed by atoms with van der Waals surface area (Å²) in [5.41, 5.74) is 2.77. The predicted molar refractivity (Wildman–Crippen MR) is 69.6 cm³/mol. The third-order valence-corrected chi connectivity index (χ3v) is 2.61. The molecule has 0 aliphatic rings. The predicted octanol–water partition coefficient (Wildman–Crippen LogP) is 1.94. The lowest BCUT2D eigenvalue weighted by molar-refractivity contribution is -0.116. The lowest BCUT2D eigenvalue weighted by Gasteiger charge is -2.16. The van der Waals surface area contributed by atoms with Crippen molar-refractivity contribution in [2.45, 2.75) is 13.8 Å². The Hall–Kier alpha value is -2.04. The Morgan fingerprint density at radius 3 is 2.33 bits per heavy atom. The number of nitrogens with zero attached hydrogens (tertiary/aromatic N) is 1. The van der Waals surface area contributed by atoms with Crippen molar-refractivity contribution in [3.8, 4) is 0 Å². The molecule has 0 aromatic heterocycles. The fourth-order valence-corrected chi connectivity index (χ4v) is 1.63. The molecule has 1 aromatic carbocycles. The van der Waals surface area contributed by atoms with Gasteiger partial charge >= 0.3 is 6.09 Å². The minimum atomic E-state index is -0.536. The number of aryl methyl sites for hydroxylation is 2. The quantitative estimate of drug-likeness (QED) is 0.891. The van der Waals surface area contributed by atoms with Crippen LogP contribution in [0.25, 0.3) is 0 Å². The summed E-state index contributed by atoms with van der Waals surface area (Å²) in [5.74, 6) is -0.250. The van der Waals surface area contributed by atoms with E-state index in [-0.39, 0.29) is 12.5 Å². The van der Waals surface area contributed by atoms with Gasteiger partial charge in [-0.3, -0.25) is 4.79 Å². The van der Waals surface area contributed by atoms with Crippen molar-refractivity contribution in [1.82, 2.24) is 4.90 Å². The van der Waals surface area contributed by atoms with E-state index >= 15 is 0 Å². The summed E-state index contributed by atoms with van der Waals surface area (Å²) in [6, 6.07) is 5.78. The Morgan fingerprint density at radius 2 is 1.83 bits per heavy atom. The average molecular weight is 250 g/mol. The summed E-state index contributed by atoms with van der Waals surface area (Å²) in [5, 5.41) is 2.80. The van der Waals surface area contributed by atoms with Gasteiger partial charge in [-0.1, -0.05) is 18.2 Å². The first-order valence-electron chi connectivity index (χ1n) is 5.61. The van der Waals surface area contributed by atoms with Gasteiger partial charge in [0.1, 0.15) is 6.54 Å². The highest BCUT2D eigenvalue weighted by molar-refractivity contribution is 5.95. The van der Waals surface area contributed by atoms with Gasteiger partial charge < -0.3 is 15.0 Å². The molecule has 5 nitrogen and oxygen atoms in total.